The van der Waals surface area contributed by atoms with Crippen LogP contribution >= 0.6 is 0 Å². The lowest BCUT2D eigenvalue weighted by atomic mass is 9.92. The summed E-state index contributed by atoms with van der Waals surface area (Å²) in [5, 5.41) is 0. The summed E-state index contributed by atoms with van der Waals surface area (Å²) in [6.07, 6.45) is 2.14. The first-order valence-electron chi connectivity index (χ1n) is 7.51. The number of aromatic nitrogens is 1. The van der Waals surface area contributed by atoms with Gasteiger partial charge in [-0.05, 0) is 42.0 Å². The summed E-state index contributed by atoms with van der Waals surface area (Å²) in [6.45, 7) is 11.2. The Morgan fingerprint density at radius 2 is 1.65 bits per heavy atom. The second-order valence-corrected chi connectivity index (χ2v) is 6.31. The van der Waals surface area contributed by atoms with Gasteiger partial charge in [0.05, 0.1) is 0 Å². The molecule has 0 atom stereocenters. The zero-order valence-electron chi connectivity index (χ0n) is 13.6. The zero-order chi connectivity index (χ0) is 14.9. The van der Waals surface area contributed by atoms with Crippen molar-refractivity contribution < 1.29 is 4.57 Å². The molecule has 0 bridgehead atoms. The molecule has 0 saturated heterocycles. The highest BCUT2D eigenvalue weighted by Crippen LogP contribution is 2.30. The molecule has 1 aromatic heterocycles. The highest BCUT2D eigenvalue weighted by molar-refractivity contribution is 5.65. The van der Waals surface area contributed by atoms with Gasteiger partial charge in [0.15, 0.2) is 6.20 Å². The number of hydrogen-bond acceptors (Lipinski definition) is 0. The van der Waals surface area contributed by atoms with E-state index in [2.05, 4.69) is 82.8 Å². The molecule has 0 aliphatic heterocycles. The summed E-state index contributed by atoms with van der Waals surface area (Å²) in [6, 6.07) is 11.3. The minimum absolute atomic E-state index is 0.529. The molecule has 0 aliphatic rings. The summed E-state index contributed by atoms with van der Waals surface area (Å²) in [5.41, 5.74) is 6.88. The molecule has 20 heavy (non-hydrogen) atoms. The normalized spacial score (nSPS) is 11.4. The van der Waals surface area contributed by atoms with Crippen LogP contribution in [0.5, 0.6) is 0 Å². The lowest BCUT2D eigenvalue weighted by molar-refractivity contribution is -0.660. The topological polar surface area (TPSA) is 3.88 Å². The summed E-state index contributed by atoms with van der Waals surface area (Å²) in [7, 11) is 2.14. The maximum atomic E-state index is 2.33. The van der Waals surface area contributed by atoms with E-state index in [1.807, 2.05) is 0 Å². The van der Waals surface area contributed by atoms with E-state index in [-0.39, 0.29) is 0 Å². The Balaban J connectivity index is 2.63. The number of aryl methyl sites for hydroxylation is 2. The van der Waals surface area contributed by atoms with Crippen LogP contribution in [0.4, 0.5) is 0 Å². The molecule has 106 valence electrons. The van der Waals surface area contributed by atoms with Crippen molar-refractivity contribution in [3.05, 3.63) is 53.2 Å². The van der Waals surface area contributed by atoms with Crippen LogP contribution in [-0.2, 0) is 7.05 Å². The monoisotopic (exact) mass is 268 g/mol. The van der Waals surface area contributed by atoms with E-state index >= 15 is 0 Å². The second kappa shape index (κ2) is 5.78. The van der Waals surface area contributed by atoms with Gasteiger partial charge in [-0.15, -0.1) is 0 Å². The van der Waals surface area contributed by atoms with Crippen molar-refractivity contribution in [2.45, 2.75) is 46.5 Å². The SMILES string of the molecule is Cc1cc(C(C)C)ccc1-c1c(C(C)C)ccc[n+]1C. The van der Waals surface area contributed by atoms with E-state index in [4.69, 9.17) is 0 Å². The summed E-state index contributed by atoms with van der Waals surface area (Å²) < 4.78 is 2.24. The lowest BCUT2D eigenvalue weighted by Crippen LogP contribution is -2.32. The third-order valence-corrected chi connectivity index (χ3v) is 4.01. The predicted octanol–water partition coefficient (Wildman–Crippen LogP) is 4.73. The maximum absolute atomic E-state index is 2.33. The van der Waals surface area contributed by atoms with Crippen molar-refractivity contribution in [2.24, 2.45) is 7.05 Å². The van der Waals surface area contributed by atoms with E-state index in [1.54, 1.807) is 0 Å². The Kier molecular flexibility index (Phi) is 4.27. The third kappa shape index (κ3) is 2.77. The molecule has 1 nitrogen and oxygen atoms in total. The average Bonchev–Trinajstić information content (AvgIpc) is 2.38. The van der Waals surface area contributed by atoms with Gasteiger partial charge in [0, 0.05) is 17.2 Å². The molecular weight excluding hydrogens is 242 g/mol. The molecule has 2 aromatic rings. The third-order valence-electron chi connectivity index (χ3n) is 4.01. The molecular formula is C19H26N+. The predicted molar refractivity (Wildman–Crippen MR) is 86.0 cm³/mol. The largest absolute Gasteiger partial charge is 0.215 e. The van der Waals surface area contributed by atoms with Gasteiger partial charge in [0.25, 0.3) is 0 Å². The molecule has 0 aliphatic carbocycles. The van der Waals surface area contributed by atoms with E-state index in [0.29, 0.717) is 11.8 Å². The Morgan fingerprint density at radius 1 is 0.950 bits per heavy atom. The second-order valence-electron chi connectivity index (χ2n) is 6.31. The lowest BCUT2D eigenvalue weighted by Gasteiger charge is -2.14. The fraction of sp³-hybridized carbons (Fsp3) is 0.421. The van der Waals surface area contributed by atoms with Gasteiger partial charge in [0.2, 0.25) is 5.69 Å². The van der Waals surface area contributed by atoms with Crippen LogP contribution in [0.15, 0.2) is 36.5 Å². The summed E-state index contributed by atoms with van der Waals surface area (Å²) in [5.74, 6) is 1.11. The van der Waals surface area contributed by atoms with Crippen LogP contribution in [-0.4, -0.2) is 0 Å². The smallest absolute Gasteiger partial charge is 0.201 e. The molecule has 0 N–H and O–H groups in total. The van der Waals surface area contributed by atoms with Crippen molar-refractivity contribution in [2.75, 3.05) is 0 Å². The zero-order valence-corrected chi connectivity index (χ0v) is 13.6. The van der Waals surface area contributed by atoms with Gasteiger partial charge in [-0.2, -0.15) is 0 Å². The average molecular weight is 268 g/mol. The fourth-order valence-corrected chi connectivity index (χ4v) is 2.76. The molecule has 1 heteroatoms. The first kappa shape index (κ1) is 14.8. The minimum atomic E-state index is 0.529. The minimum Gasteiger partial charge on any atom is -0.201 e. The molecule has 0 radical (unpaired) electrons. The quantitative estimate of drug-likeness (QED) is 0.708. The molecule has 2 rings (SSSR count). The van der Waals surface area contributed by atoms with Crippen LogP contribution in [0, 0.1) is 6.92 Å². The number of nitrogens with zero attached hydrogens (tertiary/aromatic N) is 1. The van der Waals surface area contributed by atoms with Gasteiger partial charge >= 0.3 is 0 Å². The molecule has 0 unspecified atom stereocenters. The molecule has 0 amide bonds. The van der Waals surface area contributed by atoms with Crippen LogP contribution < -0.4 is 4.57 Å². The molecule has 1 heterocycles. The van der Waals surface area contributed by atoms with Gasteiger partial charge in [0.1, 0.15) is 7.05 Å². The van der Waals surface area contributed by atoms with Gasteiger partial charge < -0.3 is 0 Å². The van der Waals surface area contributed by atoms with Crippen LogP contribution in [0.2, 0.25) is 0 Å². The van der Waals surface area contributed by atoms with Crippen molar-refractivity contribution in [3.63, 3.8) is 0 Å². The van der Waals surface area contributed by atoms with Crippen LogP contribution in [0.3, 0.4) is 0 Å². The number of rotatable bonds is 3. The van der Waals surface area contributed by atoms with Crippen molar-refractivity contribution in [3.8, 4) is 11.3 Å². The van der Waals surface area contributed by atoms with Crippen molar-refractivity contribution in [1.82, 2.24) is 0 Å². The van der Waals surface area contributed by atoms with Gasteiger partial charge in [-0.25, -0.2) is 4.57 Å². The van der Waals surface area contributed by atoms with E-state index < -0.39 is 0 Å². The van der Waals surface area contributed by atoms with E-state index in [0.717, 1.165) is 0 Å². The number of pyridine rings is 1. The van der Waals surface area contributed by atoms with Crippen molar-refractivity contribution >= 4 is 0 Å². The standard InChI is InChI=1S/C19H26N/c1-13(2)16-9-10-18(15(5)12-16)19-17(14(3)4)8-7-11-20(19)6/h7-14H,1-6H3/q+1. The van der Waals surface area contributed by atoms with Gasteiger partial charge in [-0.1, -0.05) is 39.8 Å². The first-order chi connectivity index (χ1) is 9.41. The Hall–Kier alpha value is -1.63. The molecule has 1 aromatic carbocycles. The Bertz CT molecular complexity index is 609. The highest BCUT2D eigenvalue weighted by Gasteiger charge is 2.19. The maximum Gasteiger partial charge on any atom is 0.215 e. The first-order valence-corrected chi connectivity index (χ1v) is 7.51. The van der Waals surface area contributed by atoms with Crippen LogP contribution in [0.25, 0.3) is 11.3 Å². The fourth-order valence-electron chi connectivity index (χ4n) is 2.76. The van der Waals surface area contributed by atoms with Crippen LogP contribution in [0.1, 0.15) is 56.2 Å². The molecule has 0 spiro atoms. The van der Waals surface area contributed by atoms with E-state index in [1.165, 1.54) is 27.9 Å². The molecule has 0 saturated carbocycles. The Labute approximate surface area is 123 Å². The number of benzene rings is 1. The summed E-state index contributed by atoms with van der Waals surface area (Å²) in [4.78, 5) is 0. The van der Waals surface area contributed by atoms with Gasteiger partial charge in [-0.3, -0.25) is 0 Å². The van der Waals surface area contributed by atoms with Crippen molar-refractivity contribution in [1.29, 1.82) is 0 Å². The number of hydrogen-bond donors (Lipinski definition) is 0. The molecule has 0 fully saturated rings. The summed E-state index contributed by atoms with van der Waals surface area (Å²) >= 11 is 0. The van der Waals surface area contributed by atoms with E-state index in [9.17, 15) is 0 Å². The highest BCUT2D eigenvalue weighted by atomic mass is 14.9. The Morgan fingerprint density at radius 3 is 2.20 bits per heavy atom.